The van der Waals surface area contributed by atoms with Crippen molar-refractivity contribution in [3.63, 3.8) is 0 Å². The van der Waals surface area contributed by atoms with E-state index in [0.717, 1.165) is 18.5 Å². The molecule has 0 spiro atoms. The maximum atomic E-state index is 13.1. The SMILES string of the molecule is O=C(Nc1ccccc1)N1CCCC(C(=O)N2CCN(S(=O)(=O)c3ccccc3)CC2)C1. The van der Waals surface area contributed by atoms with Crippen LogP contribution in [0.5, 0.6) is 0 Å². The Labute approximate surface area is 188 Å². The maximum absolute atomic E-state index is 13.1. The number of piperidine rings is 1. The summed E-state index contributed by atoms with van der Waals surface area (Å²) in [6.45, 7) is 2.25. The predicted octanol–water partition coefficient (Wildman–Crippen LogP) is 2.46. The number of sulfonamides is 1. The number of urea groups is 1. The maximum Gasteiger partial charge on any atom is 0.321 e. The summed E-state index contributed by atoms with van der Waals surface area (Å²) in [5.41, 5.74) is 0.724. The van der Waals surface area contributed by atoms with E-state index < -0.39 is 10.0 Å². The number of hydrogen-bond donors (Lipinski definition) is 1. The van der Waals surface area contributed by atoms with Crippen molar-refractivity contribution in [3.8, 4) is 0 Å². The average molecular weight is 457 g/mol. The van der Waals surface area contributed by atoms with Crippen molar-refractivity contribution in [2.24, 2.45) is 5.92 Å². The molecule has 0 saturated carbocycles. The lowest BCUT2D eigenvalue weighted by Gasteiger charge is -2.38. The number of piperazine rings is 1. The van der Waals surface area contributed by atoms with Gasteiger partial charge in [-0.2, -0.15) is 4.31 Å². The smallest absolute Gasteiger partial charge is 0.321 e. The van der Waals surface area contributed by atoms with E-state index in [-0.39, 0.29) is 35.8 Å². The summed E-state index contributed by atoms with van der Waals surface area (Å²) < 4.78 is 27.0. The molecule has 1 N–H and O–H groups in total. The van der Waals surface area contributed by atoms with Crippen LogP contribution in [0.15, 0.2) is 65.6 Å². The lowest BCUT2D eigenvalue weighted by atomic mass is 9.96. The van der Waals surface area contributed by atoms with Gasteiger partial charge in [0.25, 0.3) is 0 Å². The van der Waals surface area contributed by atoms with Crippen LogP contribution >= 0.6 is 0 Å². The molecule has 2 aliphatic heterocycles. The largest absolute Gasteiger partial charge is 0.340 e. The number of para-hydroxylation sites is 1. The quantitative estimate of drug-likeness (QED) is 0.765. The monoisotopic (exact) mass is 456 g/mol. The van der Waals surface area contributed by atoms with Gasteiger partial charge in [-0.1, -0.05) is 36.4 Å². The Bertz CT molecular complexity index is 1040. The van der Waals surface area contributed by atoms with Crippen LogP contribution in [0.2, 0.25) is 0 Å². The van der Waals surface area contributed by atoms with Crippen molar-refractivity contribution in [3.05, 3.63) is 60.7 Å². The van der Waals surface area contributed by atoms with Gasteiger partial charge < -0.3 is 15.1 Å². The van der Waals surface area contributed by atoms with Gasteiger partial charge in [0.2, 0.25) is 15.9 Å². The molecule has 2 heterocycles. The standard InChI is InChI=1S/C23H28N4O4S/c28-22(19-8-7-13-26(18-19)23(29)24-20-9-3-1-4-10-20)25-14-16-27(17-15-25)32(30,31)21-11-5-2-6-12-21/h1-6,9-12,19H,7-8,13-18H2,(H,24,29). The van der Waals surface area contributed by atoms with Gasteiger partial charge in [-0.25, -0.2) is 13.2 Å². The number of likely N-dealkylation sites (tertiary alicyclic amines) is 1. The van der Waals surface area contributed by atoms with E-state index in [4.69, 9.17) is 0 Å². The van der Waals surface area contributed by atoms with Crippen molar-refractivity contribution in [1.29, 1.82) is 0 Å². The molecule has 0 aromatic heterocycles. The fourth-order valence-electron chi connectivity index (χ4n) is 4.24. The minimum atomic E-state index is -3.55. The molecular weight excluding hydrogens is 428 g/mol. The number of carbonyl (C=O) groups excluding carboxylic acids is 2. The number of amides is 3. The highest BCUT2D eigenvalue weighted by atomic mass is 32.2. The van der Waals surface area contributed by atoms with Crippen LogP contribution in [0.4, 0.5) is 10.5 Å². The Balaban J connectivity index is 1.32. The predicted molar refractivity (Wildman–Crippen MR) is 122 cm³/mol. The second-order valence-electron chi connectivity index (χ2n) is 8.12. The van der Waals surface area contributed by atoms with Gasteiger partial charge in [0, 0.05) is 45.0 Å². The average Bonchev–Trinajstić information content (AvgIpc) is 2.85. The van der Waals surface area contributed by atoms with E-state index in [1.165, 1.54) is 4.31 Å². The summed E-state index contributed by atoms with van der Waals surface area (Å²) in [7, 11) is -3.55. The first-order valence-electron chi connectivity index (χ1n) is 10.9. The van der Waals surface area contributed by atoms with Crippen LogP contribution in [0.25, 0.3) is 0 Å². The zero-order chi connectivity index (χ0) is 22.6. The molecule has 9 heteroatoms. The van der Waals surface area contributed by atoms with E-state index >= 15 is 0 Å². The van der Waals surface area contributed by atoms with E-state index in [2.05, 4.69) is 5.32 Å². The summed E-state index contributed by atoms with van der Waals surface area (Å²) >= 11 is 0. The van der Waals surface area contributed by atoms with Crippen LogP contribution in [-0.4, -0.2) is 73.7 Å². The third-order valence-electron chi connectivity index (χ3n) is 6.01. The van der Waals surface area contributed by atoms with Crippen molar-refractivity contribution in [1.82, 2.24) is 14.1 Å². The Morgan fingerprint density at radius 2 is 1.44 bits per heavy atom. The molecule has 2 fully saturated rings. The van der Waals surface area contributed by atoms with Gasteiger partial charge in [0.15, 0.2) is 0 Å². The summed E-state index contributed by atoms with van der Waals surface area (Å²) in [6.07, 6.45) is 1.50. The molecule has 4 rings (SSSR count). The molecule has 0 aliphatic carbocycles. The van der Waals surface area contributed by atoms with Crippen LogP contribution in [0.3, 0.4) is 0 Å². The summed E-state index contributed by atoms with van der Waals surface area (Å²) in [5.74, 6) is -0.262. The van der Waals surface area contributed by atoms with E-state index in [1.807, 2.05) is 30.3 Å². The highest BCUT2D eigenvalue weighted by molar-refractivity contribution is 7.89. The van der Waals surface area contributed by atoms with Crippen LogP contribution < -0.4 is 5.32 Å². The molecule has 1 unspecified atom stereocenters. The third kappa shape index (κ3) is 4.94. The highest BCUT2D eigenvalue weighted by Crippen LogP contribution is 2.22. The van der Waals surface area contributed by atoms with Gasteiger partial charge >= 0.3 is 6.03 Å². The molecule has 2 aromatic carbocycles. The first-order valence-corrected chi connectivity index (χ1v) is 12.3. The van der Waals surface area contributed by atoms with Crippen molar-refractivity contribution in [2.45, 2.75) is 17.7 Å². The number of hydrogen-bond acceptors (Lipinski definition) is 4. The molecule has 3 amide bonds. The molecule has 2 aliphatic rings. The van der Waals surface area contributed by atoms with Crippen LogP contribution in [-0.2, 0) is 14.8 Å². The second kappa shape index (κ2) is 9.70. The topological polar surface area (TPSA) is 90.0 Å². The number of carbonyl (C=O) groups is 2. The molecule has 0 bridgehead atoms. The number of nitrogens with zero attached hydrogens (tertiary/aromatic N) is 3. The number of benzene rings is 2. The summed E-state index contributed by atoms with van der Waals surface area (Å²) in [5, 5.41) is 2.88. The first kappa shape index (κ1) is 22.3. The van der Waals surface area contributed by atoms with E-state index in [0.29, 0.717) is 26.2 Å². The molecule has 2 aromatic rings. The summed E-state index contributed by atoms with van der Waals surface area (Å²) in [4.78, 5) is 29.4. The van der Waals surface area contributed by atoms with E-state index in [1.54, 1.807) is 40.1 Å². The number of rotatable bonds is 4. The van der Waals surface area contributed by atoms with Gasteiger partial charge in [-0.05, 0) is 37.1 Å². The Hall–Kier alpha value is -2.91. The lowest BCUT2D eigenvalue weighted by Crippen LogP contribution is -2.54. The summed E-state index contributed by atoms with van der Waals surface area (Å²) in [6, 6.07) is 17.4. The minimum absolute atomic E-state index is 0.000954. The Morgan fingerprint density at radius 3 is 2.09 bits per heavy atom. The molecule has 8 nitrogen and oxygen atoms in total. The zero-order valence-corrected chi connectivity index (χ0v) is 18.7. The lowest BCUT2D eigenvalue weighted by molar-refractivity contribution is -0.138. The van der Waals surface area contributed by atoms with Crippen LogP contribution in [0, 0.1) is 5.92 Å². The number of anilines is 1. The zero-order valence-electron chi connectivity index (χ0n) is 17.9. The Morgan fingerprint density at radius 1 is 0.812 bits per heavy atom. The molecule has 32 heavy (non-hydrogen) atoms. The van der Waals surface area contributed by atoms with Crippen molar-refractivity contribution in [2.75, 3.05) is 44.6 Å². The Kier molecular flexibility index (Phi) is 6.76. The third-order valence-corrected chi connectivity index (χ3v) is 7.93. The van der Waals surface area contributed by atoms with Crippen molar-refractivity contribution >= 4 is 27.6 Å². The van der Waals surface area contributed by atoms with Gasteiger partial charge in [0.1, 0.15) is 0 Å². The van der Waals surface area contributed by atoms with E-state index in [9.17, 15) is 18.0 Å². The number of nitrogens with one attached hydrogen (secondary N) is 1. The molecular formula is C23H28N4O4S. The fraction of sp³-hybridized carbons (Fsp3) is 0.391. The molecule has 1 atom stereocenters. The first-order chi connectivity index (χ1) is 15.4. The minimum Gasteiger partial charge on any atom is -0.340 e. The van der Waals surface area contributed by atoms with Gasteiger partial charge in [-0.3, -0.25) is 4.79 Å². The highest BCUT2D eigenvalue weighted by Gasteiger charge is 2.35. The normalized spacial score (nSPS) is 20.1. The van der Waals surface area contributed by atoms with Gasteiger partial charge in [0.05, 0.1) is 10.8 Å². The fourth-order valence-corrected chi connectivity index (χ4v) is 5.68. The second-order valence-corrected chi connectivity index (χ2v) is 10.1. The molecule has 170 valence electrons. The molecule has 2 saturated heterocycles. The van der Waals surface area contributed by atoms with Crippen LogP contribution in [0.1, 0.15) is 12.8 Å². The van der Waals surface area contributed by atoms with Crippen molar-refractivity contribution < 1.29 is 18.0 Å². The molecule has 0 radical (unpaired) electrons. The van der Waals surface area contributed by atoms with Gasteiger partial charge in [-0.15, -0.1) is 0 Å².